The van der Waals surface area contributed by atoms with Gasteiger partial charge in [-0.3, -0.25) is 4.90 Å². The van der Waals surface area contributed by atoms with E-state index < -0.39 is 0 Å². The number of benzene rings is 1. The zero-order valence-corrected chi connectivity index (χ0v) is 14.4. The number of hydrogen-bond donors (Lipinski definition) is 1. The first-order chi connectivity index (χ1) is 9.83. The van der Waals surface area contributed by atoms with Gasteiger partial charge in [0.2, 0.25) is 0 Å². The van der Waals surface area contributed by atoms with Crippen LogP contribution in [0.3, 0.4) is 0 Å². The van der Waals surface area contributed by atoms with Crippen LogP contribution in [0.15, 0.2) is 24.3 Å². The Morgan fingerprint density at radius 3 is 2.57 bits per heavy atom. The molecule has 1 heterocycles. The number of nitrogens with zero attached hydrogens (tertiary/aromatic N) is 1. The van der Waals surface area contributed by atoms with Gasteiger partial charge in [0.1, 0.15) is 0 Å². The van der Waals surface area contributed by atoms with E-state index in [2.05, 4.69) is 69.1 Å². The van der Waals surface area contributed by atoms with Crippen molar-refractivity contribution in [3.63, 3.8) is 0 Å². The van der Waals surface area contributed by atoms with Crippen LogP contribution in [-0.2, 0) is 13.1 Å². The lowest BCUT2D eigenvalue weighted by Crippen LogP contribution is -2.35. The molecule has 1 saturated heterocycles. The molecule has 1 aliphatic rings. The highest BCUT2D eigenvalue weighted by Gasteiger charge is 2.24. The van der Waals surface area contributed by atoms with Crippen molar-refractivity contribution in [1.29, 1.82) is 0 Å². The van der Waals surface area contributed by atoms with E-state index in [1.165, 1.54) is 30.6 Å². The fourth-order valence-electron chi connectivity index (χ4n) is 3.01. The molecule has 0 bridgehead atoms. The van der Waals surface area contributed by atoms with Crippen LogP contribution in [0, 0.1) is 11.8 Å². The van der Waals surface area contributed by atoms with Crippen molar-refractivity contribution < 1.29 is 0 Å². The summed E-state index contributed by atoms with van der Waals surface area (Å²) in [5.41, 5.74) is 3.02. The second-order valence-corrected chi connectivity index (χ2v) is 7.95. The van der Waals surface area contributed by atoms with E-state index >= 15 is 0 Å². The monoisotopic (exact) mass is 288 g/mol. The summed E-state index contributed by atoms with van der Waals surface area (Å²) in [5, 5.41) is 3.57. The third kappa shape index (κ3) is 5.44. The fraction of sp³-hybridized carbons (Fsp3) is 0.684. The van der Waals surface area contributed by atoms with Gasteiger partial charge in [-0.15, -0.1) is 0 Å². The largest absolute Gasteiger partial charge is 0.308 e. The van der Waals surface area contributed by atoms with Crippen molar-refractivity contribution in [2.75, 3.05) is 13.1 Å². The van der Waals surface area contributed by atoms with Crippen LogP contribution in [0.4, 0.5) is 0 Å². The minimum absolute atomic E-state index is 0.176. The van der Waals surface area contributed by atoms with Crippen LogP contribution in [0.5, 0.6) is 0 Å². The highest BCUT2D eigenvalue weighted by molar-refractivity contribution is 5.23. The smallest absolute Gasteiger partial charge is 0.0233 e. The molecular formula is C19H32N2. The Bertz CT molecular complexity index is 445. The second-order valence-electron chi connectivity index (χ2n) is 7.95. The lowest BCUT2D eigenvalue weighted by atomic mass is 9.95. The maximum Gasteiger partial charge on any atom is 0.0233 e. The van der Waals surface area contributed by atoms with Gasteiger partial charge in [0, 0.05) is 25.2 Å². The SMILES string of the molecule is CC(C)C1CCN(Cc2cccc(CNC(C)(C)C)c2)C1. The molecule has 1 fully saturated rings. The molecule has 2 heteroatoms. The zero-order valence-electron chi connectivity index (χ0n) is 14.4. The molecular weight excluding hydrogens is 256 g/mol. The van der Waals surface area contributed by atoms with Crippen molar-refractivity contribution >= 4 is 0 Å². The van der Waals surface area contributed by atoms with Gasteiger partial charge >= 0.3 is 0 Å². The Morgan fingerprint density at radius 1 is 1.24 bits per heavy atom. The Hall–Kier alpha value is -0.860. The topological polar surface area (TPSA) is 15.3 Å². The maximum absolute atomic E-state index is 3.57. The summed E-state index contributed by atoms with van der Waals surface area (Å²) in [6.07, 6.45) is 1.36. The van der Waals surface area contributed by atoms with E-state index in [9.17, 15) is 0 Å². The molecule has 0 aliphatic carbocycles. The molecule has 0 aromatic heterocycles. The van der Waals surface area contributed by atoms with Crippen LogP contribution in [0.2, 0.25) is 0 Å². The molecule has 0 radical (unpaired) electrons. The maximum atomic E-state index is 3.57. The van der Waals surface area contributed by atoms with Gasteiger partial charge in [0.15, 0.2) is 0 Å². The van der Waals surface area contributed by atoms with Crippen molar-refractivity contribution in [1.82, 2.24) is 10.2 Å². The standard InChI is InChI=1S/C19H32N2/c1-15(2)18-9-10-21(14-18)13-17-8-6-7-16(11-17)12-20-19(3,4)5/h6-8,11,15,18,20H,9-10,12-14H2,1-5H3. The molecule has 118 valence electrons. The molecule has 1 aliphatic heterocycles. The summed E-state index contributed by atoms with van der Waals surface area (Å²) in [5.74, 6) is 1.70. The lowest BCUT2D eigenvalue weighted by molar-refractivity contribution is 0.296. The molecule has 1 unspecified atom stereocenters. The minimum Gasteiger partial charge on any atom is -0.308 e. The molecule has 21 heavy (non-hydrogen) atoms. The highest BCUT2D eigenvalue weighted by atomic mass is 15.1. The Kier molecular flexibility index (Phi) is 5.45. The van der Waals surface area contributed by atoms with Gasteiger partial charge < -0.3 is 5.32 Å². The summed E-state index contributed by atoms with van der Waals surface area (Å²) >= 11 is 0. The van der Waals surface area contributed by atoms with Crippen molar-refractivity contribution in [2.24, 2.45) is 11.8 Å². The Morgan fingerprint density at radius 2 is 1.95 bits per heavy atom. The normalized spacial score (nSPS) is 20.4. The molecule has 1 atom stereocenters. The predicted molar refractivity (Wildman–Crippen MR) is 91.3 cm³/mol. The van der Waals surface area contributed by atoms with E-state index in [-0.39, 0.29) is 5.54 Å². The van der Waals surface area contributed by atoms with E-state index in [0.29, 0.717) is 0 Å². The first kappa shape index (κ1) is 16.5. The van der Waals surface area contributed by atoms with E-state index in [1.807, 2.05) is 0 Å². The summed E-state index contributed by atoms with van der Waals surface area (Å²) in [7, 11) is 0. The lowest BCUT2D eigenvalue weighted by Gasteiger charge is -2.21. The van der Waals surface area contributed by atoms with Gasteiger partial charge in [-0.1, -0.05) is 38.1 Å². The molecule has 0 spiro atoms. The molecule has 1 aromatic carbocycles. The number of nitrogens with one attached hydrogen (secondary N) is 1. The van der Waals surface area contributed by atoms with Crippen LogP contribution in [0.1, 0.15) is 52.2 Å². The third-order valence-electron chi connectivity index (χ3n) is 4.47. The molecule has 1 aromatic rings. The first-order valence-corrected chi connectivity index (χ1v) is 8.39. The molecule has 2 nitrogen and oxygen atoms in total. The van der Waals surface area contributed by atoms with Gasteiger partial charge in [-0.25, -0.2) is 0 Å². The highest BCUT2D eigenvalue weighted by Crippen LogP contribution is 2.25. The Labute approximate surface area is 130 Å². The fourth-order valence-corrected chi connectivity index (χ4v) is 3.01. The molecule has 0 amide bonds. The zero-order chi connectivity index (χ0) is 15.5. The molecule has 2 rings (SSSR count). The predicted octanol–water partition coefficient (Wildman–Crippen LogP) is 4.05. The van der Waals surface area contributed by atoms with Crippen LogP contribution in [-0.4, -0.2) is 23.5 Å². The quantitative estimate of drug-likeness (QED) is 0.879. The summed E-state index contributed by atoms with van der Waals surface area (Å²) in [6, 6.07) is 9.05. The van der Waals surface area contributed by atoms with Crippen molar-refractivity contribution in [2.45, 2.75) is 59.7 Å². The van der Waals surface area contributed by atoms with Crippen LogP contribution < -0.4 is 5.32 Å². The Balaban J connectivity index is 1.89. The van der Waals surface area contributed by atoms with Gasteiger partial charge in [-0.2, -0.15) is 0 Å². The van der Waals surface area contributed by atoms with Gasteiger partial charge in [-0.05, 0) is 56.7 Å². The van der Waals surface area contributed by atoms with Crippen LogP contribution >= 0.6 is 0 Å². The van der Waals surface area contributed by atoms with E-state index in [4.69, 9.17) is 0 Å². The molecule has 1 N–H and O–H groups in total. The second kappa shape index (κ2) is 6.93. The summed E-state index contributed by atoms with van der Waals surface area (Å²) in [4.78, 5) is 2.61. The van der Waals surface area contributed by atoms with Gasteiger partial charge in [0.25, 0.3) is 0 Å². The average Bonchev–Trinajstić information content (AvgIpc) is 2.85. The average molecular weight is 288 g/mol. The summed E-state index contributed by atoms with van der Waals surface area (Å²) < 4.78 is 0. The third-order valence-corrected chi connectivity index (χ3v) is 4.47. The van der Waals surface area contributed by atoms with Crippen LogP contribution in [0.25, 0.3) is 0 Å². The first-order valence-electron chi connectivity index (χ1n) is 8.39. The number of rotatable bonds is 5. The van der Waals surface area contributed by atoms with Crippen molar-refractivity contribution in [3.8, 4) is 0 Å². The van der Waals surface area contributed by atoms with Gasteiger partial charge in [0.05, 0.1) is 0 Å². The minimum atomic E-state index is 0.176. The molecule has 0 saturated carbocycles. The number of hydrogen-bond acceptors (Lipinski definition) is 2. The van der Waals surface area contributed by atoms with E-state index in [0.717, 1.165) is 24.9 Å². The summed E-state index contributed by atoms with van der Waals surface area (Å²) in [6.45, 7) is 15.9. The number of likely N-dealkylation sites (tertiary alicyclic amines) is 1. The van der Waals surface area contributed by atoms with E-state index in [1.54, 1.807) is 0 Å². The van der Waals surface area contributed by atoms with Crippen molar-refractivity contribution in [3.05, 3.63) is 35.4 Å².